The van der Waals surface area contributed by atoms with Crippen LogP contribution in [0.3, 0.4) is 0 Å². The summed E-state index contributed by atoms with van der Waals surface area (Å²) < 4.78 is 11.9. The number of likely N-dealkylation sites (tertiary alicyclic amines) is 2. The van der Waals surface area contributed by atoms with Gasteiger partial charge in [0.2, 0.25) is 11.8 Å². The molecule has 9 heteroatoms. The van der Waals surface area contributed by atoms with Crippen LogP contribution in [-0.2, 0) is 31.1 Å². The molecule has 5 aliphatic rings. The number of methoxy groups -OCH3 is 2. The van der Waals surface area contributed by atoms with Crippen LogP contribution in [0.2, 0.25) is 0 Å². The molecule has 0 aromatic heterocycles. The number of hydrogen-bond donors (Lipinski definition) is 1. The summed E-state index contributed by atoms with van der Waals surface area (Å²) in [5.74, 6) is -3.77. The first kappa shape index (κ1) is 36.8. The molecular formula is C48H46N2O7. The number of nitrogens with zero attached hydrogens (tertiary/aromatic N) is 2. The third-order valence-electron chi connectivity index (χ3n) is 13.4. The zero-order valence-corrected chi connectivity index (χ0v) is 32.2. The maximum absolute atomic E-state index is 15.4. The number of aromatic hydroxyl groups is 1. The van der Waals surface area contributed by atoms with Gasteiger partial charge in [-0.2, -0.15) is 0 Å². The molecule has 9 nitrogen and oxygen atoms in total. The lowest BCUT2D eigenvalue weighted by Crippen LogP contribution is -2.59. The van der Waals surface area contributed by atoms with Gasteiger partial charge < -0.3 is 14.6 Å². The van der Waals surface area contributed by atoms with Crippen molar-refractivity contribution in [3.8, 4) is 17.2 Å². The van der Waals surface area contributed by atoms with Gasteiger partial charge in [0.15, 0.2) is 11.6 Å². The maximum atomic E-state index is 15.4. The highest BCUT2D eigenvalue weighted by molar-refractivity contribution is 6.31. The van der Waals surface area contributed by atoms with Crippen LogP contribution < -0.4 is 9.47 Å². The van der Waals surface area contributed by atoms with Gasteiger partial charge in [-0.05, 0) is 54.4 Å². The monoisotopic (exact) mass is 762 g/mol. The van der Waals surface area contributed by atoms with Gasteiger partial charge in [0.1, 0.15) is 17.2 Å². The number of ether oxygens (including phenoxy) is 2. The normalized spacial score (nSPS) is 27.6. The van der Waals surface area contributed by atoms with Gasteiger partial charge in [0.25, 0.3) is 0 Å². The van der Waals surface area contributed by atoms with Crippen LogP contribution in [0.5, 0.6) is 17.2 Å². The Morgan fingerprint density at radius 1 is 0.772 bits per heavy atom. The third kappa shape index (κ3) is 5.85. The van der Waals surface area contributed by atoms with Crippen molar-refractivity contribution in [2.75, 3.05) is 27.3 Å². The number of carbonyl (C=O) groups is 4. The van der Waals surface area contributed by atoms with Crippen molar-refractivity contribution in [2.45, 2.75) is 49.6 Å². The molecule has 1 N–H and O–H groups in total. The number of imide groups is 1. The molecule has 290 valence electrons. The Morgan fingerprint density at radius 3 is 2.02 bits per heavy atom. The van der Waals surface area contributed by atoms with Crippen LogP contribution in [0.25, 0.3) is 5.57 Å². The van der Waals surface area contributed by atoms with Crippen LogP contribution in [0.4, 0.5) is 0 Å². The van der Waals surface area contributed by atoms with E-state index in [0.29, 0.717) is 53.0 Å². The summed E-state index contributed by atoms with van der Waals surface area (Å²) >= 11 is 0. The van der Waals surface area contributed by atoms with Crippen LogP contribution in [0.1, 0.15) is 53.9 Å². The Hall–Kier alpha value is -5.80. The van der Waals surface area contributed by atoms with Gasteiger partial charge in [-0.3, -0.25) is 29.0 Å². The lowest BCUT2D eigenvalue weighted by atomic mass is 9.44. The van der Waals surface area contributed by atoms with Crippen LogP contribution >= 0.6 is 0 Å². The van der Waals surface area contributed by atoms with Crippen molar-refractivity contribution in [2.24, 2.45) is 23.7 Å². The number of ketones is 2. The van der Waals surface area contributed by atoms with E-state index in [4.69, 9.17) is 9.47 Å². The van der Waals surface area contributed by atoms with Crippen LogP contribution in [0.15, 0.2) is 121 Å². The van der Waals surface area contributed by atoms with E-state index in [1.165, 1.54) is 38.0 Å². The topological polar surface area (TPSA) is 113 Å². The van der Waals surface area contributed by atoms with Crippen LogP contribution in [-0.4, -0.2) is 71.6 Å². The second-order valence-corrected chi connectivity index (χ2v) is 16.1. The van der Waals surface area contributed by atoms with Crippen molar-refractivity contribution in [1.29, 1.82) is 0 Å². The number of phenolic OH excluding ortho intramolecular Hbond substituents is 1. The fourth-order valence-corrected chi connectivity index (χ4v) is 11.0. The minimum Gasteiger partial charge on any atom is -0.508 e. The van der Waals surface area contributed by atoms with E-state index < -0.39 is 35.0 Å². The fourth-order valence-electron chi connectivity index (χ4n) is 11.0. The largest absolute Gasteiger partial charge is 0.508 e. The van der Waals surface area contributed by atoms with Crippen molar-refractivity contribution >= 4 is 29.0 Å². The Kier molecular flexibility index (Phi) is 9.44. The molecule has 9 rings (SSSR count). The van der Waals surface area contributed by atoms with E-state index in [-0.39, 0.29) is 41.6 Å². The standard InChI is InChI=1S/C48H46N2O7/c1-56-39-24-33(51)25-40(57-2)43(39)44-34-18-19-35-42(47(55)50(46(35)54)32-20-22-49(23-21-32)28-29-12-6-3-7-13-29)37(34)26-38-45(53)36(30-14-8-4-9-15-30)27-41(52)48(38,44)31-16-10-5-11-17-31/h3-18,24-25,27,32,35,37-38,42,44,51H,19-23,26,28H2,1-2H3/t35-,37+,38-,42-,44+,48-/m0/s1. The number of allylic oxidation sites excluding steroid dienone is 4. The van der Waals surface area contributed by atoms with Gasteiger partial charge in [0.05, 0.1) is 31.5 Å². The van der Waals surface area contributed by atoms with E-state index in [9.17, 15) is 14.7 Å². The first-order chi connectivity index (χ1) is 27.8. The number of carbonyl (C=O) groups excluding carboxylic acids is 4. The van der Waals surface area contributed by atoms with E-state index in [1.807, 2.05) is 78.9 Å². The quantitative estimate of drug-likeness (QED) is 0.153. The molecule has 3 fully saturated rings. The summed E-state index contributed by atoms with van der Waals surface area (Å²) in [6.45, 7) is 2.36. The number of hydrogen-bond acceptors (Lipinski definition) is 8. The second-order valence-electron chi connectivity index (χ2n) is 16.1. The number of rotatable bonds is 8. The summed E-state index contributed by atoms with van der Waals surface area (Å²) in [6.07, 6.45) is 5.46. The number of phenols is 1. The van der Waals surface area contributed by atoms with E-state index in [1.54, 1.807) is 4.90 Å². The van der Waals surface area contributed by atoms with Gasteiger partial charge in [-0.15, -0.1) is 0 Å². The maximum Gasteiger partial charge on any atom is 0.233 e. The summed E-state index contributed by atoms with van der Waals surface area (Å²) in [6, 6.07) is 31.8. The zero-order valence-electron chi connectivity index (χ0n) is 32.2. The highest BCUT2D eigenvalue weighted by atomic mass is 16.5. The molecule has 2 heterocycles. The van der Waals surface area contributed by atoms with E-state index in [0.717, 1.165) is 25.2 Å². The van der Waals surface area contributed by atoms with Crippen molar-refractivity contribution in [3.05, 3.63) is 143 Å². The number of piperidine rings is 1. The molecular weight excluding hydrogens is 717 g/mol. The lowest BCUT2D eigenvalue weighted by Gasteiger charge is -2.55. The summed E-state index contributed by atoms with van der Waals surface area (Å²) in [5.41, 5.74) is 2.75. The Labute approximate surface area is 332 Å². The molecule has 4 aromatic carbocycles. The second kappa shape index (κ2) is 14.6. The smallest absolute Gasteiger partial charge is 0.233 e. The van der Waals surface area contributed by atoms with Gasteiger partial charge in [-0.1, -0.05) is 103 Å². The molecule has 0 bridgehead atoms. The minimum atomic E-state index is -1.46. The number of amides is 2. The predicted molar refractivity (Wildman–Crippen MR) is 214 cm³/mol. The van der Waals surface area contributed by atoms with Gasteiger partial charge in [-0.25, -0.2) is 0 Å². The lowest BCUT2D eigenvalue weighted by molar-refractivity contribution is -0.144. The van der Waals surface area contributed by atoms with E-state index in [2.05, 4.69) is 23.1 Å². The first-order valence-electron chi connectivity index (χ1n) is 20.0. The summed E-state index contributed by atoms with van der Waals surface area (Å²) in [7, 11) is 3.00. The fraction of sp³-hybridized carbons (Fsp3) is 0.333. The predicted octanol–water partition coefficient (Wildman–Crippen LogP) is 6.90. The molecule has 2 aliphatic heterocycles. The SMILES string of the molecule is COc1cc(O)cc(OC)c1[C@H]1C2=CC[C@@H]3C(=O)N(C4CCN(Cc5ccccc5)CC4)C(=O)[C@@H]3[C@@H]2C[C@H]2C(=O)C(c3ccccc3)=CC(=O)[C@@]12c1ccccc1. The Morgan fingerprint density at radius 2 is 1.39 bits per heavy atom. The molecule has 3 aliphatic carbocycles. The molecule has 4 aromatic rings. The van der Waals surface area contributed by atoms with Crippen molar-refractivity contribution in [3.63, 3.8) is 0 Å². The molecule has 0 spiro atoms. The Bertz CT molecular complexity index is 2270. The van der Waals surface area contributed by atoms with Crippen molar-refractivity contribution in [1.82, 2.24) is 9.80 Å². The van der Waals surface area contributed by atoms with Gasteiger partial charge >= 0.3 is 0 Å². The average Bonchev–Trinajstić information content (AvgIpc) is 3.51. The average molecular weight is 763 g/mol. The summed E-state index contributed by atoms with van der Waals surface area (Å²) in [4.78, 5) is 64.1. The molecule has 2 saturated heterocycles. The molecule has 1 saturated carbocycles. The zero-order chi connectivity index (χ0) is 39.4. The number of Topliss-reactive ketones (excluding diaryl/α,β-unsaturated/α-hetero) is 1. The molecule has 0 radical (unpaired) electrons. The van der Waals surface area contributed by atoms with Gasteiger partial charge in [0, 0.05) is 60.8 Å². The van der Waals surface area contributed by atoms with Crippen molar-refractivity contribution < 1.29 is 33.8 Å². The third-order valence-corrected chi connectivity index (χ3v) is 13.4. The van der Waals surface area contributed by atoms with E-state index >= 15 is 9.59 Å². The highest BCUT2D eigenvalue weighted by Crippen LogP contribution is 2.65. The molecule has 6 atom stereocenters. The Balaban J connectivity index is 1.17. The number of benzene rings is 4. The number of fused-ring (bicyclic) bond motifs is 4. The highest BCUT2D eigenvalue weighted by Gasteiger charge is 2.67. The van der Waals surface area contributed by atoms with Crippen LogP contribution in [0, 0.1) is 23.7 Å². The molecule has 0 unspecified atom stereocenters. The molecule has 57 heavy (non-hydrogen) atoms. The first-order valence-corrected chi connectivity index (χ1v) is 20.0. The molecule has 2 amide bonds. The minimum absolute atomic E-state index is 0.0814. The summed E-state index contributed by atoms with van der Waals surface area (Å²) in [5, 5.41) is 10.8.